The van der Waals surface area contributed by atoms with Gasteiger partial charge in [0.2, 0.25) is 0 Å². The van der Waals surface area contributed by atoms with Crippen LogP contribution in [0.1, 0.15) is 0 Å². The highest BCUT2D eigenvalue weighted by atomic mass is 15.2. The molecule has 200 valence electrons. The van der Waals surface area contributed by atoms with Gasteiger partial charge in [-0.15, -0.1) is 0 Å². The van der Waals surface area contributed by atoms with Gasteiger partial charge in [0.05, 0.1) is 11.4 Å². The highest BCUT2D eigenvalue weighted by Gasteiger charge is 2.17. The van der Waals surface area contributed by atoms with E-state index in [2.05, 4.69) is 130 Å². The fraction of sp³-hybridized carbons (Fsp3) is 0.222. The second kappa shape index (κ2) is 11.2. The summed E-state index contributed by atoms with van der Waals surface area (Å²) in [5.74, 6) is 0. The van der Waals surface area contributed by atoms with Gasteiger partial charge < -0.3 is 20.4 Å². The minimum Gasteiger partial charge on any atom is -0.368 e. The summed E-state index contributed by atoms with van der Waals surface area (Å²) in [6, 6.07) is 40.0. The molecule has 1 saturated heterocycles. The highest BCUT2D eigenvalue weighted by Crippen LogP contribution is 2.37. The molecule has 0 radical (unpaired) electrons. The molecule has 6 aromatic carbocycles. The maximum absolute atomic E-state index is 3.79. The van der Waals surface area contributed by atoms with Gasteiger partial charge in [-0.1, -0.05) is 97.1 Å². The molecule has 0 saturated carbocycles. The number of benzene rings is 6. The Kier molecular flexibility index (Phi) is 6.95. The predicted molar refractivity (Wildman–Crippen MR) is 173 cm³/mol. The molecule has 0 aromatic heterocycles. The van der Waals surface area contributed by atoms with E-state index in [-0.39, 0.29) is 0 Å². The van der Waals surface area contributed by atoms with Gasteiger partial charge in [0.1, 0.15) is 0 Å². The lowest BCUT2D eigenvalue weighted by molar-refractivity contribution is 0.591. The zero-order chi connectivity index (χ0) is 26.7. The van der Waals surface area contributed by atoms with Crippen molar-refractivity contribution in [1.29, 1.82) is 0 Å². The van der Waals surface area contributed by atoms with Crippen molar-refractivity contribution in [1.82, 2.24) is 10.6 Å². The molecule has 7 rings (SSSR count). The molecule has 1 fully saturated rings. The zero-order valence-corrected chi connectivity index (χ0v) is 22.9. The SMILES string of the molecule is c1ccc2c(N3CCNCCN(c4c5ccccc5cc5ccccc45)CCNCC3)c3ccccc3cc2c1. The lowest BCUT2D eigenvalue weighted by atomic mass is 10.00. The molecule has 1 heterocycles. The van der Waals surface area contributed by atoms with E-state index in [1.165, 1.54) is 54.5 Å². The Morgan fingerprint density at radius 2 is 0.650 bits per heavy atom. The van der Waals surface area contributed by atoms with Crippen LogP contribution in [0.3, 0.4) is 0 Å². The summed E-state index contributed by atoms with van der Waals surface area (Å²) in [4.78, 5) is 5.17. The molecule has 4 nitrogen and oxygen atoms in total. The van der Waals surface area contributed by atoms with Gasteiger partial charge in [0.25, 0.3) is 0 Å². The lowest BCUT2D eigenvalue weighted by Crippen LogP contribution is -2.43. The molecule has 2 N–H and O–H groups in total. The molecule has 1 aliphatic rings. The highest BCUT2D eigenvalue weighted by molar-refractivity contribution is 6.12. The number of nitrogens with zero attached hydrogens (tertiary/aromatic N) is 2. The number of anilines is 2. The topological polar surface area (TPSA) is 30.5 Å². The third kappa shape index (κ3) is 4.74. The summed E-state index contributed by atoms with van der Waals surface area (Å²) in [5.41, 5.74) is 2.72. The summed E-state index contributed by atoms with van der Waals surface area (Å²) in [5, 5.41) is 18.2. The van der Waals surface area contributed by atoms with Crippen molar-refractivity contribution in [2.75, 3.05) is 62.2 Å². The van der Waals surface area contributed by atoms with Gasteiger partial charge in [-0.25, -0.2) is 0 Å². The van der Waals surface area contributed by atoms with Gasteiger partial charge in [-0.3, -0.25) is 0 Å². The molecule has 0 aliphatic carbocycles. The fourth-order valence-electron chi connectivity index (χ4n) is 6.44. The first-order chi connectivity index (χ1) is 19.9. The third-order valence-electron chi connectivity index (χ3n) is 8.35. The van der Waals surface area contributed by atoms with Crippen molar-refractivity contribution in [3.05, 3.63) is 109 Å². The molecule has 1 aliphatic heterocycles. The van der Waals surface area contributed by atoms with Gasteiger partial charge in [0, 0.05) is 73.9 Å². The van der Waals surface area contributed by atoms with Crippen LogP contribution in [0.15, 0.2) is 109 Å². The molecule has 0 spiro atoms. The monoisotopic (exact) mass is 524 g/mol. The fourth-order valence-corrected chi connectivity index (χ4v) is 6.44. The van der Waals surface area contributed by atoms with Gasteiger partial charge in [0.15, 0.2) is 0 Å². The summed E-state index contributed by atoms with van der Waals surface area (Å²) >= 11 is 0. The van der Waals surface area contributed by atoms with Crippen LogP contribution in [0, 0.1) is 0 Å². The second-order valence-corrected chi connectivity index (χ2v) is 10.8. The molecule has 0 bridgehead atoms. The molecule has 0 amide bonds. The minimum absolute atomic E-state index is 0.946. The van der Waals surface area contributed by atoms with Gasteiger partial charge in [-0.05, 0) is 33.7 Å². The van der Waals surface area contributed by atoms with Crippen LogP contribution in [0.5, 0.6) is 0 Å². The summed E-state index contributed by atoms with van der Waals surface area (Å²) in [6.45, 7) is 7.66. The number of rotatable bonds is 2. The first-order valence-electron chi connectivity index (χ1n) is 14.6. The van der Waals surface area contributed by atoms with Crippen molar-refractivity contribution < 1.29 is 0 Å². The number of hydrogen-bond donors (Lipinski definition) is 2. The maximum atomic E-state index is 3.79. The van der Waals surface area contributed by atoms with Crippen LogP contribution < -0.4 is 20.4 Å². The Morgan fingerprint density at radius 1 is 0.375 bits per heavy atom. The van der Waals surface area contributed by atoms with Crippen molar-refractivity contribution in [2.45, 2.75) is 0 Å². The summed E-state index contributed by atoms with van der Waals surface area (Å²) < 4.78 is 0. The van der Waals surface area contributed by atoms with E-state index in [4.69, 9.17) is 0 Å². The quantitative estimate of drug-likeness (QED) is 0.244. The van der Waals surface area contributed by atoms with Crippen molar-refractivity contribution in [3.63, 3.8) is 0 Å². The third-order valence-corrected chi connectivity index (χ3v) is 8.35. The maximum Gasteiger partial charge on any atom is 0.0526 e. The largest absolute Gasteiger partial charge is 0.368 e. The normalized spacial score (nSPS) is 15.9. The number of fused-ring (bicyclic) bond motifs is 4. The Morgan fingerprint density at radius 3 is 0.950 bits per heavy atom. The Labute approximate surface area is 236 Å². The van der Waals surface area contributed by atoms with Crippen LogP contribution >= 0.6 is 0 Å². The van der Waals surface area contributed by atoms with Crippen LogP contribution in [-0.4, -0.2) is 52.4 Å². The Hall–Kier alpha value is -4.12. The Balaban J connectivity index is 1.17. The van der Waals surface area contributed by atoms with E-state index in [9.17, 15) is 0 Å². The zero-order valence-electron chi connectivity index (χ0n) is 22.9. The Bertz CT molecular complexity index is 1540. The van der Waals surface area contributed by atoms with E-state index in [0.29, 0.717) is 0 Å². The van der Waals surface area contributed by atoms with Crippen molar-refractivity contribution in [3.8, 4) is 0 Å². The van der Waals surface area contributed by atoms with E-state index in [0.717, 1.165) is 52.4 Å². The first-order valence-corrected chi connectivity index (χ1v) is 14.6. The standard InChI is InChI=1S/C36H36N4/c1-5-13-31-27(9-1)25-28-10-2-6-14-32(28)35(31)39-21-17-37-19-23-40(24-20-38-18-22-39)36-33-15-7-3-11-29(33)26-30-12-4-8-16-34(30)36/h1-16,25-26,37-38H,17-24H2. The smallest absolute Gasteiger partial charge is 0.0526 e. The molecule has 4 heteroatoms. The van der Waals surface area contributed by atoms with Crippen LogP contribution in [0.4, 0.5) is 11.4 Å². The summed E-state index contributed by atoms with van der Waals surface area (Å²) in [7, 11) is 0. The first kappa shape index (κ1) is 24.9. The van der Waals surface area contributed by atoms with Gasteiger partial charge in [-0.2, -0.15) is 0 Å². The van der Waals surface area contributed by atoms with E-state index >= 15 is 0 Å². The van der Waals surface area contributed by atoms with E-state index < -0.39 is 0 Å². The number of nitrogens with one attached hydrogen (secondary N) is 2. The molecule has 40 heavy (non-hydrogen) atoms. The van der Waals surface area contributed by atoms with E-state index in [1.807, 2.05) is 0 Å². The average Bonchev–Trinajstić information content (AvgIpc) is 2.99. The predicted octanol–water partition coefficient (Wildman–Crippen LogP) is 6.81. The summed E-state index contributed by atoms with van der Waals surface area (Å²) in [6.07, 6.45) is 0. The second-order valence-electron chi connectivity index (χ2n) is 10.8. The van der Waals surface area contributed by atoms with Crippen LogP contribution in [0.25, 0.3) is 43.1 Å². The minimum atomic E-state index is 0.946. The van der Waals surface area contributed by atoms with Crippen LogP contribution in [0.2, 0.25) is 0 Å². The number of hydrogen-bond acceptors (Lipinski definition) is 4. The molecule has 0 atom stereocenters. The van der Waals surface area contributed by atoms with Gasteiger partial charge >= 0.3 is 0 Å². The average molecular weight is 525 g/mol. The molecular formula is C36H36N4. The van der Waals surface area contributed by atoms with E-state index in [1.54, 1.807) is 0 Å². The van der Waals surface area contributed by atoms with Crippen LogP contribution in [-0.2, 0) is 0 Å². The lowest BCUT2D eigenvalue weighted by Gasteiger charge is -2.31. The molecule has 0 unspecified atom stereocenters. The van der Waals surface area contributed by atoms with Crippen molar-refractivity contribution >= 4 is 54.5 Å². The molecule has 6 aromatic rings. The molecular weight excluding hydrogens is 488 g/mol. The van der Waals surface area contributed by atoms with Crippen molar-refractivity contribution in [2.24, 2.45) is 0 Å².